The van der Waals surface area contributed by atoms with Gasteiger partial charge in [-0.25, -0.2) is 4.79 Å². The van der Waals surface area contributed by atoms with Crippen LogP contribution in [0, 0.1) is 0 Å². The zero-order valence-corrected chi connectivity index (χ0v) is 12.8. The molecule has 0 fully saturated rings. The average molecular weight is 312 g/mol. The number of hydrogen-bond donors (Lipinski definition) is 2. The maximum Gasteiger partial charge on any atom is 0.329 e. The van der Waals surface area contributed by atoms with E-state index in [9.17, 15) is 9.59 Å². The van der Waals surface area contributed by atoms with E-state index in [0.717, 1.165) is 11.1 Å². The Labute approximate surface area is 135 Å². The van der Waals surface area contributed by atoms with Gasteiger partial charge in [-0.1, -0.05) is 60.7 Å². The van der Waals surface area contributed by atoms with Gasteiger partial charge in [0.25, 0.3) is 0 Å². The van der Waals surface area contributed by atoms with Crippen LogP contribution in [-0.4, -0.2) is 24.5 Å². The maximum absolute atomic E-state index is 12.3. The monoisotopic (exact) mass is 312 g/mol. The second kappa shape index (κ2) is 8.70. The summed E-state index contributed by atoms with van der Waals surface area (Å²) < 4.78 is 5.31. The highest BCUT2D eigenvalue weighted by Gasteiger charge is 2.22. The van der Waals surface area contributed by atoms with E-state index in [1.165, 1.54) is 0 Å². The van der Waals surface area contributed by atoms with E-state index in [-0.39, 0.29) is 19.1 Å². The van der Waals surface area contributed by atoms with Crippen molar-refractivity contribution in [3.05, 3.63) is 71.8 Å². The number of carbonyl (C=O) groups excluding carboxylic acids is 2. The van der Waals surface area contributed by atoms with Crippen molar-refractivity contribution >= 4 is 11.9 Å². The van der Waals surface area contributed by atoms with E-state index >= 15 is 0 Å². The van der Waals surface area contributed by atoms with E-state index in [1.54, 1.807) is 0 Å². The predicted octanol–water partition coefficient (Wildman–Crippen LogP) is 1.42. The third-order valence-corrected chi connectivity index (χ3v) is 3.31. The normalized spacial score (nSPS) is 11.5. The molecule has 0 aliphatic heterocycles. The second-order valence-electron chi connectivity index (χ2n) is 5.11. The summed E-state index contributed by atoms with van der Waals surface area (Å²) in [7, 11) is 0. The Kier molecular flexibility index (Phi) is 6.32. The number of nitrogens with two attached hydrogens (primary N) is 1. The summed E-state index contributed by atoms with van der Waals surface area (Å²) in [4.78, 5) is 23.8. The molecule has 0 aliphatic carbocycles. The zero-order chi connectivity index (χ0) is 16.5. The molecule has 0 bridgehead atoms. The van der Waals surface area contributed by atoms with Crippen molar-refractivity contribution in [2.24, 2.45) is 5.73 Å². The van der Waals surface area contributed by atoms with E-state index in [0.29, 0.717) is 6.42 Å². The molecule has 0 radical (unpaired) electrons. The third-order valence-electron chi connectivity index (χ3n) is 3.31. The molecule has 0 saturated heterocycles. The standard InChI is InChI=1S/C18H20N2O3/c19-12-17(21)20-16(11-14-7-3-1-4-8-14)18(22)23-13-15-9-5-2-6-10-15/h1-10,16H,11-13,19H2,(H,20,21). The fourth-order valence-electron chi connectivity index (χ4n) is 2.13. The van der Waals surface area contributed by atoms with Crippen molar-refractivity contribution in [2.75, 3.05) is 6.54 Å². The van der Waals surface area contributed by atoms with Crippen molar-refractivity contribution in [3.63, 3.8) is 0 Å². The first-order chi connectivity index (χ1) is 11.2. The molecule has 5 heteroatoms. The minimum Gasteiger partial charge on any atom is -0.459 e. The lowest BCUT2D eigenvalue weighted by molar-refractivity contribution is -0.149. The number of carbonyl (C=O) groups is 2. The van der Waals surface area contributed by atoms with Gasteiger partial charge in [0.05, 0.1) is 6.54 Å². The van der Waals surface area contributed by atoms with Gasteiger partial charge in [0.15, 0.2) is 0 Å². The molecule has 120 valence electrons. The number of ether oxygens (including phenoxy) is 1. The number of hydrogen-bond acceptors (Lipinski definition) is 4. The molecule has 2 aromatic carbocycles. The van der Waals surface area contributed by atoms with Crippen LogP contribution >= 0.6 is 0 Å². The lowest BCUT2D eigenvalue weighted by Crippen LogP contribution is -2.45. The molecule has 2 aromatic rings. The van der Waals surface area contributed by atoms with Crippen LogP contribution in [0.15, 0.2) is 60.7 Å². The van der Waals surface area contributed by atoms with Crippen LogP contribution in [0.1, 0.15) is 11.1 Å². The molecule has 0 aromatic heterocycles. The first kappa shape index (κ1) is 16.7. The Hall–Kier alpha value is -2.66. The van der Waals surface area contributed by atoms with E-state index in [4.69, 9.17) is 10.5 Å². The third kappa shape index (κ3) is 5.56. The van der Waals surface area contributed by atoms with Gasteiger partial charge in [-0.05, 0) is 11.1 Å². The molecule has 0 heterocycles. The highest BCUT2D eigenvalue weighted by Crippen LogP contribution is 2.07. The number of esters is 1. The van der Waals surface area contributed by atoms with Gasteiger partial charge in [-0.3, -0.25) is 4.79 Å². The minimum absolute atomic E-state index is 0.169. The van der Waals surface area contributed by atoms with Gasteiger partial charge in [-0.2, -0.15) is 0 Å². The minimum atomic E-state index is -0.753. The molecule has 2 rings (SSSR count). The van der Waals surface area contributed by atoms with Crippen LogP contribution in [-0.2, 0) is 27.4 Å². The van der Waals surface area contributed by atoms with Crippen molar-refractivity contribution in [1.82, 2.24) is 5.32 Å². The lowest BCUT2D eigenvalue weighted by atomic mass is 10.1. The fraction of sp³-hybridized carbons (Fsp3) is 0.222. The van der Waals surface area contributed by atoms with Gasteiger partial charge < -0.3 is 15.8 Å². The summed E-state index contributed by atoms with van der Waals surface area (Å²) >= 11 is 0. The molecular weight excluding hydrogens is 292 g/mol. The largest absolute Gasteiger partial charge is 0.459 e. The first-order valence-corrected chi connectivity index (χ1v) is 7.43. The summed E-state index contributed by atoms with van der Waals surface area (Å²) in [5, 5.41) is 2.61. The summed E-state index contributed by atoms with van der Waals surface area (Å²) in [5.41, 5.74) is 7.14. The Balaban J connectivity index is 2.00. The van der Waals surface area contributed by atoms with E-state index in [1.807, 2.05) is 60.7 Å². The fourth-order valence-corrected chi connectivity index (χ4v) is 2.13. The molecule has 0 saturated carbocycles. The number of nitrogens with one attached hydrogen (secondary N) is 1. The lowest BCUT2D eigenvalue weighted by Gasteiger charge is -2.17. The zero-order valence-electron chi connectivity index (χ0n) is 12.8. The molecule has 3 N–H and O–H groups in total. The first-order valence-electron chi connectivity index (χ1n) is 7.43. The topological polar surface area (TPSA) is 81.4 Å². The molecule has 5 nitrogen and oxygen atoms in total. The van der Waals surface area contributed by atoms with Crippen LogP contribution in [0.25, 0.3) is 0 Å². The quantitative estimate of drug-likeness (QED) is 0.758. The van der Waals surface area contributed by atoms with Crippen molar-refractivity contribution in [3.8, 4) is 0 Å². The van der Waals surface area contributed by atoms with Crippen LogP contribution < -0.4 is 11.1 Å². The summed E-state index contributed by atoms with van der Waals surface area (Å²) in [5.74, 6) is -0.859. The number of rotatable bonds is 7. The Morgan fingerprint density at radius 2 is 1.52 bits per heavy atom. The van der Waals surface area contributed by atoms with E-state index < -0.39 is 12.0 Å². The molecule has 23 heavy (non-hydrogen) atoms. The van der Waals surface area contributed by atoms with Crippen molar-refractivity contribution in [2.45, 2.75) is 19.1 Å². The smallest absolute Gasteiger partial charge is 0.329 e. The van der Waals surface area contributed by atoms with Crippen molar-refractivity contribution < 1.29 is 14.3 Å². The van der Waals surface area contributed by atoms with Gasteiger partial charge >= 0.3 is 5.97 Å². The highest BCUT2D eigenvalue weighted by atomic mass is 16.5. The van der Waals surface area contributed by atoms with Crippen LogP contribution in [0.3, 0.4) is 0 Å². The van der Waals surface area contributed by atoms with E-state index in [2.05, 4.69) is 5.32 Å². The number of benzene rings is 2. The van der Waals surface area contributed by atoms with Gasteiger partial charge in [-0.15, -0.1) is 0 Å². The Morgan fingerprint density at radius 1 is 0.957 bits per heavy atom. The van der Waals surface area contributed by atoms with Gasteiger partial charge in [0, 0.05) is 6.42 Å². The summed E-state index contributed by atoms with van der Waals surface area (Å²) in [6.07, 6.45) is 0.361. The van der Waals surface area contributed by atoms with Gasteiger partial charge in [0.1, 0.15) is 12.6 Å². The van der Waals surface area contributed by atoms with Crippen molar-refractivity contribution in [1.29, 1.82) is 0 Å². The van der Waals surface area contributed by atoms with Crippen LogP contribution in [0.5, 0.6) is 0 Å². The molecular formula is C18H20N2O3. The summed E-state index contributed by atoms with van der Waals surface area (Å²) in [6.45, 7) is 0.000708. The van der Waals surface area contributed by atoms with Crippen LogP contribution in [0.4, 0.5) is 0 Å². The predicted molar refractivity (Wildman–Crippen MR) is 87.4 cm³/mol. The molecule has 0 spiro atoms. The van der Waals surface area contributed by atoms with Gasteiger partial charge in [0.2, 0.25) is 5.91 Å². The highest BCUT2D eigenvalue weighted by molar-refractivity contribution is 5.85. The molecule has 1 amide bonds. The molecule has 1 atom stereocenters. The molecule has 0 aliphatic rings. The second-order valence-corrected chi connectivity index (χ2v) is 5.11. The Morgan fingerprint density at radius 3 is 2.09 bits per heavy atom. The SMILES string of the molecule is NCC(=O)NC(Cc1ccccc1)C(=O)OCc1ccccc1. The number of amides is 1. The Bertz CT molecular complexity index is 629. The van der Waals surface area contributed by atoms with Crippen LogP contribution in [0.2, 0.25) is 0 Å². The summed E-state index contributed by atoms with van der Waals surface area (Å²) in [6, 6.07) is 18.1. The molecule has 1 unspecified atom stereocenters. The average Bonchev–Trinajstić information content (AvgIpc) is 2.60. The maximum atomic E-state index is 12.3.